The summed E-state index contributed by atoms with van der Waals surface area (Å²) in [4.78, 5) is 12.6. The average molecular weight is 355 g/mol. The number of carbonyl (C=O) groups is 1. The van der Waals surface area contributed by atoms with Crippen molar-refractivity contribution in [2.45, 2.75) is 32.3 Å². The van der Waals surface area contributed by atoms with Crippen molar-refractivity contribution in [1.82, 2.24) is 0 Å². The lowest BCUT2D eigenvalue weighted by molar-refractivity contribution is -0.122. The minimum atomic E-state index is 0.0260. The van der Waals surface area contributed by atoms with Gasteiger partial charge >= 0.3 is 0 Å². The molecule has 1 saturated carbocycles. The Kier molecular flexibility index (Phi) is 6.21. The highest BCUT2D eigenvalue weighted by atomic mass is 79.9. The topological polar surface area (TPSA) is 64.3 Å². The number of halogens is 1. The maximum Gasteiger partial charge on any atom is 0.227 e. The molecule has 21 heavy (non-hydrogen) atoms. The summed E-state index contributed by atoms with van der Waals surface area (Å²) >= 11 is 3.51. The Morgan fingerprint density at radius 2 is 2.19 bits per heavy atom. The van der Waals surface area contributed by atoms with Crippen LogP contribution in [0.3, 0.4) is 0 Å². The van der Waals surface area contributed by atoms with Gasteiger partial charge in [-0.1, -0.05) is 34.8 Å². The molecular formula is C16H23BrN2O2. The van der Waals surface area contributed by atoms with Gasteiger partial charge in [-0.05, 0) is 37.4 Å². The van der Waals surface area contributed by atoms with Crippen LogP contribution in [0.25, 0.3) is 0 Å². The van der Waals surface area contributed by atoms with E-state index in [1.165, 1.54) is 6.42 Å². The molecule has 5 heteroatoms. The molecule has 1 aliphatic rings. The summed E-state index contributed by atoms with van der Waals surface area (Å²) in [5.74, 6) is 0.413. The van der Waals surface area contributed by atoms with Crippen LogP contribution in [0, 0.1) is 11.8 Å². The first-order valence-corrected chi connectivity index (χ1v) is 8.24. The minimum absolute atomic E-state index is 0.0260. The van der Waals surface area contributed by atoms with Crippen LogP contribution in [0.5, 0.6) is 0 Å². The first-order chi connectivity index (χ1) is 10.2. The lowest BCUT2D eigenvalue weighted by atomic mass is 9.78. The van der Waals surface area contributed by atoms with E-state index in [9.17, 15) is 4.79 Å². The molecule has 1 aromatic carbocycles. The maximum atomic E-state index is 12.6. The molecule has 116 valence electrons. The third-order valence-corrected chi connectivity index (χ3v) is 4.96. The van der Waals surface area contributed by atoms with Gasteiger partial charge in [0.15, 0.2) is 0 Å². The molecule has 1 aliphatic carbocycles. The van der Waals surface area contributed by atoms with Crippen LogP contribution in [-0.2, 0) is 16.1 Å². The zero-order chi connectivity index (χ0) is 15.2. The molecule has 1 amide bonds. The molecule has 0 saturated heterocycles. The fourth-order valence-electron chi connectivity index (χ4n) is 3.03. The predicted octanol–water partition coefficient (Wildman–Crippen LogP) is 3.30. The Labute approximate surface area is 134 Å². The fourth-order valence-corrected chi connectivity index (χ4v) is 3.51. The number of hydrogen-bond donors (Lipinski definition) is 2. The number of nitrogens with one attached hydrogen (secondary N) is 1. The third-order valence-electron chi connectivity index (χ3n) is 4.21. The van der Waals surface area contributed by atoms with E-state index in [0.29, 0.717) is 19.1 Å². The van der Waals surface area contributed by atoms with Crippen LogP contribution in [0.1, 0.15) is 31.2 Å². The minimum Gasteiger partial charge on any atom is -0.380 e. The summed E-state index contributed by atoms with van der Waals surface area (Å²) in [6.45, 7) is 1.05. The van der Waals surface area contributed by atoms with Crippen molar-refractivity contribution in [3.63, 3.8) is 0 Å². The van der Waals surface area contributed by atoms with E-state index in [4.69, 9.17) is 10.5 Å². The number of benzene rings is 1. The Morgan fingerprint density at radius 3 is 2.90 bits per heavy atom. The van der Waals surface area contributed by atoms with Gasteiger partial charge in [-0.25, -0.2) is 0 Å². The standard InChI is InChI=1S/C16H23BrN2O2/c1-21-10-13-14(17)7-4-8-15(13)19-16(20)12-6-3-2-5-11(12)9-18/h4,7-8,11-12H,2-3,5-6,9-10,18H2,1H3,(H,19,20). The molecule has 0 aromatic heterocycles. The molecule has 2 rings (SSSR count). The highest BCUT2D eigenvalue weighted by Gasteiger charge is 2.30. The lowest BCUT2D eigenvalue weighted by Gasteiger charge is -2.29. The van der Waals surface area contributed by atoms with Crippen molar-refractivity contribution in [2.75, 3.05) is 19.0 Å². The summed E-state index contributed by atoms with van der Waals surface area (Å²) in [5.41, 5.74) is 7.60. The first-order valence-electron chi connectivity index (χ1n) is 7.44. The summed E-state index contributed by atoms with van der Waals surface area (Å²) in [7, 11) is 1.65. The van der Waals surface area contributed by atoms with Gasteiger partial charge in [0, 0.05) is 28.8 Å². The Morgan fingerprint density at radius 1 is 1.43 bits per heavy atom. The lowest BCUT2D eigenvalue weighted by Crippen LogP contribution is -2.35. The summed E-state index contributed by atoms with van der Waals surface area (Å²) in [6, 6.07) is 5.78. The quantitative estimate of drug-likeness (QED) is 0.852. The molecule has 0 bridgehead atoms. The summed E-state index contributed by atoms with van der Waals surface area (Å²) in [6.07, 6.45) is 4.27. The van der Waals surface area contributed by atoms with Gasteiger partial charge in [-0.2, -0.15) is 0 Å². The number of hydrogen-bond acceptors (Lipinski definition) is 3. The molecule has 0 spiro atoms. The number of methoxy groups -OCH3 is 1. The van der Waals surface area contributed by atoms with Crippen molar-refractivity contribution in [3.8, 4) is 0 Å². The number of nitrogens with two attached hydrogens (primary N) is 1. The van der Waals surface area contributed by atoms with E-state index >= 15 is 0 Å². The van der Waals surface area contributed by atoms with Crippen molar-refractivity contribution in [1.29, 1.82) is 0 Å². The predicted molar refractivity (Wildman–Crippen MR) is 88.0 cm³/mol. The van der Waals surface area contributed by atoms with Crippen LogP contribution in [-0.4, -0.2) is 19.6 Å². The second-order valence-electron chi connectivity index (χ2n) is 5.57. The Balaban J connectivity index is 2.13. The zero-order valence-corrected chi connectivity index (χ0v) is 14.0. The van der Waals surface area contributed by atoms with Crippen LogP contribution < -0.4 is 11.1 Å². The highest BCUT2D eigenvalue weighted by molar-refractivity contribution is 9.10. The molecule has 2 atom stereocenters. The zero-order valence-electron chi connectivity index (χ0n) is 12.4. The van der Waals surface area contributed by atoms with Gasteiger partial charge in [0.1, 0.15) is 0 Å². The van der Waals surface area contributed by atoms with Crippen LogP contribution in [0.15, 0.2) is 22.7 Å². The Hall–Kier alpha value is -0.910. The molecule has 1 fully saturated rings. The van der Waals surface area contributed by atoms with Gasteiger partial charge in [0.05, 0.1) is 6.61 Å². The number of anilines is 1. The first kappa shape index (κ1) is 16.5. The monoisotopic (exact) mass is 354 g/mol. The largest absolute Gasteiger partial charge is 0.380 e. The van der Waals surface area contributed by atoms with E-state index in [-0.39, 0.29) is 11.8 Å². The van der Waals surface area contributed by atoms with Crippen LogP contribution >= 0.6 is 15.9 Å². The number of ether oxygens (including phenoxy) is 1. The second-order valence-corrected chi connectivity index (χ2v) is 6.43. The molecule has 3 N–H and O–H groups in total. The van der Waals surface area contributed by atoms with Gasteiger partial charge < -0.3 is 15.8 Å². The molecule has 0 aliphatic heterocycles. The number of rotatable bonds is 5. The smallest absolute Gasteiger partial charge is 0.227 e. The maximum absolute atomic E-state index is 12.6. The summed E-state index contributed by atoms with van der Waals surface area (Å²) < 4.78 is 6.16. The van der Waals surface area contributed by atoms with Crippen molar-refractivity contribution in [2.24, 2.45) is 17.6 Å². The van der Waals surface area contributed by atoms with Gasteiger partial charge in [-0.15, -0.1) is 0 Å². The van der Waals surface area contributed by atoms with Crippen molar-refractivity contribution in [3.05, 3.63) is 28.2 Å². The van der Waals surface area contributed by atoms with E-state index in [1.54, 1.807) is 7.11 Å². The molecule has 0 radical (unpaired) electrons. The normalized spacial score (nSPS) is 22.0. The van der Waals surface area contributed by atoms with Gasteiger partial charge in [0.25, 0.3) is 0 Å². The molecule has 2 unspecified atom stereocenters. The average Bonchev–Trinajstić information content (AvgIpc) is 2.50. The third kappa shape index (κ3) is 4.05. The van der Waals surface area contributed by atoms with Crippen LogP contribution in [0.4, 0.5) is 5.69 Å². The summed E-state index contributed by atoms with van der Waals surface area (Å²) in [5, 5.41) is 3.07. The fraction of sp³-hybridized carbons (Fsp3) is 0.562. The van der Waals surface area contributed by atoms with Crippen molar-refractivity contribution >= 4 is 27.5 Å². The molecular weight excluding hydrogens is 332 g/mol. The van der Waals surface area contributed by atoms with Gasteiger partial charge in [-0.3, -0.25) is 4.79 Å². The van der Waals surface area contributed by atoms with Crippen molar-refractivity contribution < 1.29 is 9.53 Å². The number of carbonyl (C=O) groups excluding carboxylic acids is 1. The van der Waals surface area contributed by atoms with Gasteiger partial charge in [0.2, 0.25) is 5.91 Å². The second kappa shape index (κ2) is 7.92. The van der Waals surface area contributed by atoms with Crippen LogP contribution in [0.2, 0.25) is 0 Å². The SMILES string of the molecule is COCc1c(Br)cccc1NC(=O)C1CCCCC1CN. The number of amides is 1. The molecule has 0 heterocycles. The molecule has 4 nitrogen and oxygen atoms in total. The van der Waals surface area contributed by atoms with E-state index in [0.717, 1.165) is 35.0 Å². The highest BCUT2D eigenvalue weighted by Crippen LogP contribution is 2.32. The van der Waals surface area contributed by atoms with E-state index in [1.807, 2.05) is 18.2 Å². The Bertz CT molecular complexity index is 493. The van der Waals surface area contributed by atoms with E-state index < -0.39 is 0 Å². The molecule has 1 aromatic rings. The van der Waals surface area contributed by atoms with E-state index in [2.05, 4.69) is 21.2 Å².